The molecule has 7 heteroatoms. The Balaban J connectivity index is 1.72. The summed E-state index contributed by atoms with van der Waals surface area (Å²) < 4.78 is 0. The van der Waals surface area contributed by atoms with Gasteiger partial charge in [0.2, 0.25) is 0 Å². The Morgan fingerprint density at radius 3 is 2.23 bits per heavy atom. The molecule has 0 spiro atoms. The summed E-state index contributed by atoms with van der Waals surface area (Å²) in [7, 11) is 2.11. The van der Waals surface area contributed by atoms with Crippen LogP contribution in [0.3, 0.4) is 0 Å². The molecular formula is C24H25ClN4O2. The van der Waals surface area contributed by atoms with Gasteiger partial charge in [0.1, 0.15) is 5.69 Å². The van der Waals surface area contributed by atoms with E-state index in [-0.39, 0.29) is 16.7 Å². The van der Waals surface area contributed by atoms with E-state index in [1.165, 1.54) is 0 Å². The predicted octanol–water partition coefficient (Wildman–Crippen LogP) is 5.20. The lowest BCUT2D eigenvalue weighted by Crippen LogP contribution is -2.44. The topological polar surface area (TPSA) is 61.7 Å². The van der Waals surface area contributed by atoms with Gasteiger partial charge in [0.25, 0.3) is 5.69 Å². The summed E-state index contributed by atoms with van der Waals surface area (Å²) in [5.74, 6) is 0. The number of hydrogen-bond acceptors (Lipinski definition) is 5. The lowest BCUT2D eigenvalue weighted by molar-refractivity contribution is -0.384. The minimum absolute atomic E-state index is 0.0628. The predicted molar refractivity (Wildman–Crippen MR) is 126 cm³/mol. The molecule has 3 aromatic rings. The van der Waals surface area contributed by atoms with Crippen molar-refractivity contribution in [1.29, 1.82) is 0 Å². The van der Waals surface area contributed by atoms with Crippen molar-refractivity contribution in [2.45, 2.75) is 6.04 Å². The van der Waals surface area contributed by atoms with Gasteiger partial charge in [-0.3, -0.25) is 10.1 Å². The van der Waals surface area contributed by atoms with E-state index in [0.29, 0.717) is 10.7 Å². The third kappa shape index (κ3) is 4.98. The van der Waals surface area contributed by atoms with Crippen molar-refractivity contribution in [2.75, 3.05) is 43.4 Å². The Hall–Kier alpha value is -3.09. The van der Waals surface area contributed by atoms with Crippen LogP contribution in [0.1, 0.15) is 17.2 Å². The van der Waals surface area contributed by atoms with Crippen molar-refractivity contribution >= 4 is 28.7 Å². The molecule has 0 aliphatic carbocycles. The molecule has 1 unspecified atom stereocenters. The number of likely N-dealkylation sites (N-methyl/N-ethyl adjacent to an activating group) is 1. The third-order valence-corrected chi connectivity index (χ3v) is 5.93. The standard InChI is InChI=1S/C24H25ClN4O2/c1-27-13-15-28(16-14-27)21-11-12-23(29(30)31)22(17-21)26-24(18-5-3-2-4-6-18)19-7-9-20(25)10-8-19/h2-12,17,24,26H,13-16H2,1H3. The fourth-order valence-corrected chi connectivity index (χ4v) is 4.00. The van der Waals surface area contributed by atoms with Crippen LogP contribution < -0.4 is 10.2 Å². The molecule has 0 radical (unpaired) electrons. The Bertz CT molecular complexity index is 1040. The van der Waals surface area contributed by atoms with Crippen LogP contribution >= 0.6 is 11.6 Å². The highest BCUT2D eigenvalue weighted by molar-refractivity contribution is 6.30. The van der Waals surface area contributed by atoms with E-state index in [2.05, 4.69) is 22.2 Å². The molecule has 160 valence electrons. The minimum atomic E-state index is -0.333. The van der Waals surface area contributed by atoms with E-state index in [0.717, 1.165) is 43.0 Å². The normalized spacial score (nSPS) is 15.5. The van der Waals surface area contributed by atoms with Crippen LogP contribution in [0.15, 0.2) is 72.8 Å². The van der Waals surface area contributed by atoms with Gasteiger partial charge in [-0.25, -0.2) is 0 Å². The first kappa shape index (κ1) is 21.2. The van der Waals surface area contributed by atoms with Crippen molar-refractivity contribution < 1.29 is 4.92 Å². The summed E-state index contributed by atoms with van der Waals surface area (Å²) in [5.41, 5.74) is 3.56. The number of rotatable bonds is 6. The first-order valence-corrected chi connectivity index (χ1v) is 10.7. The Kier molecular flexibility index (Phi) is 6.39. The zero-order valence-electron chi connectivity index (χ0n) is 17.4. The summed E-state index contributed by atoms with van der Waals surface area (Å²) in [5, 5.41) is 15.9. The first-order valence-electron chi connectivity index (χ1n) is 10.3. The fraction of sp³-hybridized carbons (Fsp3) is 0.250. The maximum Gasteiger partial charge on any atom is 0.292 e. The van der Waals surface area contributed by atoms with E-state index >= 15 is 0 Å². The van der Waals surface area contributed by atoms with Gasteiger partial charge >= 0.3 is 0 Å². The smallest absolute Gasteiger partial charge is 0.292 e. The van der Waals surface area contributed by atoms with Gasteiger partial charge < -0.3 is 15.1 Å². The van der Waals surface area contributed by atoms with Gasteiger partial charge in [0.15, 0.2) is 0 Å². The summed E-state index contributed by atoms with van der Waals surface area (Å²) in [6, 6.07) is 22.6. The Morgan fingerprint density at radius 2 is 1.58 bits per heavy atom. The number of nitro groups is 1. The summed E-state index contributed by atoms with van der Waals surface area (Å²) in [6.45, 7) is 3.73. The number of piperazine rings is 1. The summed E-state index contributed by atoms with van der Waals surface area (Å²) >= 11 is 6.09. The molecule has 1 saturated heterocycles. The van der Waals surface area contributed by atoms with Gasteiger partial charge in [0.05, 0.1) is 11.0 Å². The van der Waals surface area contributed by atoms with Gasteiger partial charge in [-0.2, -0.15) is 0 Å². The quantitative estimate of drug-likeness (QED) is 0.425. The van der Waals surface area contributed by atoms with Crippen LogP contribution in [0.2, 0.25) is 5.02 Å². The number of nitro benzene ring substituents is 1. The molecule has 3 aromatic carbocycles. The molecule has 1 fully saturated rings. The molecule has 1 N–H and O–H groups in total. The van der Waals surface area contributed by atoms with Gasteiger partial charge in [-0.1, -0.05) is 54.1 Å². The zero-order chi connectivity index (χ0) is 21.8. The molecule has 0 bridgehead atoms. The largest absolute Gasteiger partial charge is 0.369 e. The van der Waals surface area contributed by atoms with Crippen molar-refractivity contribution in [3.63, 3.8) is 0 Å². The molecule has 6 nitrogen and oxygen atoms in total. The molecule has 0 amide bonds. The molecule has 0 aromatic heterocycles. The second-order valence-electron chi connectivity index (χ2n) is 7.79. The molecule has 1 aliphatic rings. The number of nitrogens with zero attached hydrogens (tertiary/aromatic N) is 3. The molecule has 1 atom stereocenters. The first-order chi connectivity index (χ1) is 15.0. The summed E-state index contributed by atoms with van der Waals surface area (Å²) in [4.78, 5) is 16.0. The van der Waals surface area contributed by atoms with Crippen LogP contribution in [0.5, 0.6) is 0 Å². The van der Waals surface area contributed by atoms with E-state index in [9.17, 15) is 10.1 Å². The van der Waals surface area contributed by atoms with Crippen LogP contribution in [0.4, 0.5) is 17.1 Å². The van der Waals surface area contributed by atoms with E-state index in [1.54, 1.807) is 6.07 Å². The SMILES string of the molecule is CN1CCN(c2ccc([N+](=O)[O-])c(NC(c3ccccc3)c3ccc(Cl)cc3)c2)CC1. The fourth-order valence-electron chi connectivity index (χ4n) is 3.88. The highest BCUT2D eigenvalue weighted by Crippen LogP contribution is 2.35. The molecule has 0 saturated carbocycles. The highest BCUT2D eigenvalue weighted by atomic mass is 35.5. The second kappa shape index (κ2) is 9.37. The van der Waals surface area contributed by atoms with Crippen LogP contribution in [-0.2, 0) is 0 Å². The number of nitrogens with one attached hydrogen (secondary N) is 1. The monoisotopic (exact) mass is 436 g/mol. The van der Waals surface area contributed by atoms with Gasteiger partial charge in [-0.15, -0.1) is 0 Å². The maximum absolute atomic E-state index is 11.8. The molecular weight excluding hydrogens is 412 g/mol. The second-order valence-corrected chi connectivity index (χ2v) is 8.22. The number of benzene rings is 3. The third-order valence-electron chi connectivity index (χ3n) is 5.68. The van der Waals surface area contributed by atoms with E-state index in [4.69, 9.17) is 11.6 Å². The number of hydrogen-bond donors (Lipinski definition) is 1. The Morgan fingerprint density at radius 1 is 0.935 bits per heavy atom. The van der Waals surface area contributed by atoms with Crippen molar-refractivity contribution in [1.82, 2.24) is 4.90 Å². The van der Waals surface area contributed by atoms with Gasteiger partial charge in [-0.05, 0) is 42.4 Å². The molecule has 1 heterocycles. The zero-order valence-corrected chi connectivity index (χ0v) is 18.1. The lowest BCUT2D eigenvalue weighted by atomic mass is 9.98. The Labute approximate surface area is 187 Å². The number of halogens is 1. The number of anilines is 2. The van der Waals surface area contributed by atoms with Crippen molar-refractivity contribution in [3.8, 4) is 0 Å². The van der Waals surface area contributed by atoms with Crippen molar-refractivity contribution in [2.24, 2.45) is 0 Å². The molecule has 31 heavy (non-hydrogen) atoms. The van der Waals surface area contributed by atoms with Crippen molar-refractivity contribution in [3.05, 3.63) is 99.1 Å². The van der Waals surface area contributed by atoms with Crippen LogP contribution in [0, 0.1) is 10.1 Å². The maximum atomic E-state index is 11.8. The minimum Gasteiger partial charge on any atom is -0.369 e. The van der Waals surface area contributed by atoms with E-state index in [1.807, 2.05) is 66.7 Å². The lowest BCUT2D eigenvalue weighted by Gasteiger charge is -2.34. The molecule has 1 aliphatic heterocycles. The van der Waals surface area contributed by atoms with Crippen LogP contribution in [-0.4, -0.2) is 43.0 Å². The highest BCUT2D eigenvalue weighted by Gasteiger charge is 2.22. The average Bonchev–Trinajstić information content (AvgIpc) is 2.79. The van der Waals surface area contributed by atoms with Crippen LogP contribution in [0.25, 0.3) is 0 Å². The molecule has 4 rings (SSSR count). The van der Waals surface area contributed by atoms with E-state index < -0.39 is 0 Å². The summed E-state index contributed by atoms with van der Waals surface area (Å²) in [6.07, 6.45) is 0. The van der Waals surface area contributed by atoms with Gasteiger partial charge in [0, 0.05) is 43.0 Å². The average molecular weight is 437 g/mol.